The summed E-state index contributed by atoms with van der Waals surface area (Å²) in [5.41, 5.74) is 5.63. The monoisotopic (exact) mass is 237 g/mol. The topological polar surface area (TPSA) is 114 Å². The molecular weight excluding hydrogens is 218 g/mol. The van der Waals surface area contributed by atoms with Crippen molar-refractivity contribution in [2.45, 2.75) is 30.6 Å². The van der Waals surface area contributed by atoms with Crippen LogP contribution in [0.3, 0.4) is 0 Å². The van der Waals surface area contributed by atoms with Crippen LogP contribution in [-0.4, -0.2) is 72.9 Å². The summed E-state index contributed by atoms with van der Waals surface area (Å²) >= 11 is 0. The summed E-state index contributed by atoms with van der Waals surface area (Å²) in [6, 6.07) is -0.852. The minimum absolute atomic E-state index is 0.260. The molecule has 1 heterocycles. The number of hydrogen-bond acceptors (Lipinski definition) is 7. The Kier molecular flexibility index (Phi) is 5.56. The Bertz CT molecular complexity index is 202. The number of methoxy groups -OCH3 is 1. The lowest BCUT2D eigenvalue weighted by molar-refractivity contribution is -0.267. The maximum absolute atomic E-state index is 9.60. The van der Waals surface area contributed by atoms with E-state index in [0.29, 0.717) is 6.61 Å². The van der Waals surface area contributed by atoms with Gasteiger partial charge >= 0.3 is 0 Å². The molecule has 5 N–H and O–H groups in total. The summed E-state index contributed by atoms with van der Waals surface area (Å²) in [5.74, 6) is 0. The van der Waals surface area contributed by atoms with E-state index >= 15 is 0 Å². The first kappa shape index (κ1) is 13.8. The first-order valence-electron chi connectivity index (χ1n) is 5.10. The number of ether oxygens (including phenoxy) is 3. The van der Waals surface area contributed by atoms with E-state index in [0.717, 1.165) is 0 Å². The van der Waals surface area contributed by atoms with Crippen molar-refractivity contribution in [2.75, 3.05) is 26.9 Å². The van der Waals surface area contributed by atoms with Crippen molar-refractivity contribution < 1.29 is 29.5 Å². The molecular formula is C9H19NO6. The number of rotatable bonds is 5. The van der Waals surface area contributed by atoms with E-state index in [1.165, 1.54) is 7.11 Å². The van der Waals surface area contributed by atoms with Gasteiger partial charge in [-0.15, -0.1) is 0 Å². The standard InChI is InChI=1S/C9H19NO6/c1-14-2-3-15-9-6(10)8(13)7(12)5(4-11)16-9/h5-9,11-13H,2-4,10H2,1H3/t5-,6-,7+,8-,9-/m1/s1. The molecule has 1 aliphatic heterocycles. The second-order valence-corrected chi connectivity index (χ2v) is 3.65. The summed E-state index contributed by atoms with van der Waals surface area (Å²) in [7, 11) is 1.53. The molecule has 0 saturated carbocycles. The van der Waals surface area contributed by atoms with Gasteiger partial charge in [-0.25, -0.2) is 0 Å². The smallest absolute Gasteiger partial charge is 0.175 e. The van der Waals surface area contributed by atoms with Crippen molar-refractivity contribution in [1.82, 2.24) is 0 Å². The number of nitrogens with two attached hydrogens (primary N) is 1. The van der Waals surface area contributed by atoms with Crippen LogP contribution in [0.25, 0.3) is 0 Å². The quantitative estimate of drug-likeness (QED) is 0.388. The van der Waals surface area contributed by atoms with Gasteiger partial charge in [0.2, 0.25) is 0 Å². The minimum atomic E-state index is -1.21. The lowest BCUT2D eigenvalue weighted by atomic mass is 9.98. The second-order valence-electron chi connectivity index (χ2n) is 3.65. The van der Waals surface area contributed by atoms with Crippen LogP contribution in [0.4, 0.5) is 0 Å². The Morgan fingerprint density at radius 3 is 2.50 bits per heavy atom. The van der Waals surface area contributed by atoms with Crippen LogP contribution in [0, 0.1) is 0 Å². The Hall–Kier alpha value is -0.280. The van der Waals surface area contributed by atoms with Crippen molar-refractivity contribution in [3.63, 3.8) is 0 Å². The van der Waals surface area contributed by atoms with Gasteiger partial charge in [0.05, 0.1) is 25.9 Å². The minimum Gasteiger partial charge on any atom is -0.394 e. The van der Waals surface area contributed by atoms with Crippen molar-refractivity contribution >= 4 is 0 Å². The molecule has 0 aromatic carbocycles. The molecule has 96 valence electrons. The molecule has 0 spiro atoms. The molecule has 7 heteroatoms. The fourth-order valence-electron chi connectivity index (χ4n) is 1.50. The van der Waals surface area contributed by atoms with Crippen LogP contribution >= 0.6 is 0 Å². The molecule has 0 aromatic rings. The van der Waals surface area contributed by atoms with E-state index in [1.807, 2.05) is 0 Å². The zero-order valence-corrected chi connectivity index (χ0v) is 9.15. The van der Waals surface area contributed by atoms with Gasteiger partial charge in [-0.3, -0.25) is 0 Å². The van der Waals surface area contributed by atoms with Gasteiger partial charge in [-0.1, -0.05) is 0 Å². The second kappa shape index (κ2) is 6.45. The van der Waals surface area contributed by atoms with Crippen LogP contribution < -0.4 is 5.73 Å². The summed E-state index contributed by atoms with van der Waals surface area (Å²) in [6.07, 6.45) is -4.13. The average molecular weight is 237 g/mol. The molecule has 16 heavy (non-hydrogen) atoms. The van der Waals surface area contributed by atoms with E-state index in [4.69, 9.17) is 25.1 Å². The van der Waals surface area contributed by atoms with Crippen molar-refractivity contribution in [3.8, 4) is 0 Å². The Morgan fingerprint density at radius 1 is 1.25 bits per heavy atom. The van der Waals surface area contributed by atoms with Gasteiger partial charge in [0.1, 0.15) is 18.3 Å². The summed E-state index contributed by atoms with van der Waals surface area (Å²) in [5, 5.41) is 28.0. The Balaban J connectivity index is 2.50. The Morgan fingerprint density at radius 2 is 1.94 bits per heavy atom. The molecule has 1 rings (SSSR count). The summed E-state index contributed by atoms with van der Waals surface area (Å²) < 4.78 is 15.2. The first-order valence-corrected chi connectivity index (χ1v) is 5.10. The van der Waals surface area contributed by atoms with Crippen LogP contribution in [0.1, 0.15) is 0 Å². The predicted molar refractivity (Wildman–Crippen MR) is 53.6 cm³/mol. The number of aliphatic hydroxyl groups excluding tert-OH is 3. The average Bonchev–Trinajstić information content (AvgIpc) is 2.29. The zero-order valence-electron chi connectivity index (χ0n) is 9.15. The van der Waals surface area contributed by atoms with E-state index in [1.54, 1.807) is 0 Å². The van der Waals surface area contributed by atoms with Crippen molar-refractivity contribution in [3.05, 3.63) is 0 Å². The molecule has 5 atom stereocenters. The lowest BCUT2D eigenvalue weighted by Gasteiger charge is -2.40. The zero-order chi connectivity index (χ0) is 12.1. The highest BCUT2D eigenvalue weighted by Crippen LogP contribution is 2.20. The predicted octanol–water partition coefficient (Wildman–Crippen LogP) is -2.58. The highest BCUT2D eigenvalue weighted by molar-refractivity contribution is 4.91. The van der Waals surface area contributed by atoms with Crippen LogP contribution in [0.2, 0.25) is 0 Å². The van der Waals surface area contributed by atoms with Gasteiger partial charge in [0.25, 0.3) is 0 Å². The van der Waals surface area contributed by atoms with Crippen LogP contribution in [0.15, 0.2) is 0 Å². The Labute approximate surface area is 93.7 Å². The highest BCUT2D eigenvalue weighted by atomic mass is 16.7. The number of hydrogen-bond donors (Lipinski definition) is 4. The van der Waals surface area contributed by atoms with E-state index in [9.17, 15) is 10.2 Å². The van der Waals surface area contributed by atoms with Gasteiger partial charge in [-0.2, -0.15) is 0 Å². The molecule has 7 nitrogen and oxygen atoms in total. The van der Waals surface area contributed by atoms with Gasteiger partial charge in [0, 0.05) is 7.11 Å². The molecule has 0 amide bonds. The van der Waals surface area contributed by atoms with Gasteiger partial charge in [0.15, 0.2) is 6.29 Å². The molecule has 0 unspecified atom stereocenters. The molecule has 0 bridgehead atoms. The summed E-state index contributed by atoms with van der Waals surface area (Å²) in [6.45, 7) is 0.222. The van der Waals surface area contributed by atoms with Crippen molar-refractivity contribution in [2.24, 2.45) is 5.73 Å². The van der Waals surface area contributed by atoms with Crippen molar-refractivity contribution in [1.29, 1.82) is 0 Å². The SMILES string of the molecule is COCCO[C@@H]1O[C@H](CO)[C@H](O)[C@H](O)[C@H]1N. The maximum Gasteiger partial charge on any atom is 0.175 e. The third-order valence-corrected chi connectivity index (χ3v) is 2.50. The van der Waals surface area contributed by atoms with Crippen LogP contribution in [-0.2, 0) is 14.2 Å². The molecule has 1 aliphatic rings. The van der Waals surface area contributed by atoms with E-state index < -0.39 is 37.3 Å². The molecule has 1 saturated heterocycles. The maximum atomic E-state index is 9.60. The van der Waals surface area contributed by atoms with Crippen LogP contribution in [0.5, 0.6) is 0 Å². The van der Waals surface area contributed by atoms with E-state index in [2.05, 4.69) is 0 Å². The third kappa shape index (κ3) is 3.11. The lowest BCUT2D eigenvalue weighted by Crippen LogP contribution is -2.62. The highest BCUT2D eigenvalue weighted by Gasteiger charge is 2.42. The molecule has 0 aromatic heterocycles. The third-order valence-electron chi connectivity index (χ3n) is 2.50. The number of aliphatic hydroxyl groups is 3. The largest absolute Gasteiger partial charge is 0.394 e. The fourth-order valence-corrected chi connectivity index (χ4v) is 1.50. The first-order chi connectivity index (χ1) is 7.61. The molecule has 1 fully saturated rings. The fraction of sp³-hybridized carbons (Fsp3) is 1.00. The van der Waals surface area contributed by atoms with Gasteiger partial charge < -0.3 is 35.3 Å². The van der Waals surface area contributed by atoms with Gasteiger partial charge in [-0.05, 0) is 0 Å². The molecule has 0 radical (unpaired) electrons. The summed E-state index contributed by atoms with van der Waals surface area (Å²) in [4.78, 5) is 0. The van der Waals surface area contributed by atoms with E-state index in [-0.39, 0.29) is 6.61 Å². The normalized spacial score (nSPS) is 39.9. The molecule has 0 aliphatic carbocycles.